The van der Waals surface area contributed by atoms with Crippen LogP contribution in [-0.4, -0.2) is 13.6 Å². The molecule has 0 aliphatic heterocycles. The minimum Gasteiger partial charge on any atom is -0.319 e. The summed E-state index contributed by atoms with van der Waals surface area (Å²) >= 11 is 0. The fourth-order valence-corrected chi connectivity index (χ4v) is 3.83. The Morgan fingerprint density at radius 3 is 2.00 bits per heavy atom. The topological polar surface area (TPSA) is 12.0 Å². The van der Waals surface area contributed by atoms with E-state index in [-0.39, 0.29) is 0 Å². The van der Waals surface area contributed by atoms with Crippen molar-refractivity contribution in [2.24, 2.45) is 5.41 Å². The van der Waals surface area contributed by atoms with Gasteiger partial charge in [0.1, 0.15) is 0 Å². The Morgan fingerprint density at radius 1 is 1.06 bits per heavy atom. The third-order valence-corrected chi connectivity index (χ3v) is 3.98. The Hall–Kier alpha value is -0.820. The zero-order chi connectivity index (χ0) is 12.7. The number of hydrogen-bond donors (Lipinski definition) is 1. The van der Waals surface area contributed by atoms with E-state index in [4.69, 9.17) is 0 Å². The quantitative estimate of drug-likeness (QED) is 0.838. The molecule has 0 aromatic heterocycles. The van der Waals surface area contributed by atoms with Crippen LogP contribution in [-0.2, 0) is 5.41 Å². The van der Waals surface area contributed by atoms with E-state index in [0.717, 1.165) is 6.54 Å². The van der Waals surface area contributed by atoms with Gasteiger partial charge in [-0.2, -0.15) is 0 Å². The van der Waals surface area contributed by atoms with Crippen LogP contribution >= 0.6 is 0 Å². The zero-order valence-electron chi connectivity index (χ0n) is 11.9. The molecule has 2 rings (SSSR count). The zero-order valence-corrected chi connectivity index (χ0v) is 11.9. The highest BCUT2D eigenvalue weighted by Crippen LogP contribution is 2.55. The average Bonchev–Trinajstić information content (AvgIpc) is 2.13. The maximum atomic E-state index is 3.39. The van der Waals surface area contributed by atoms with Gasteiger partial charge in [0.2, 0.25) is 0 Å². The van der Waals surface area contributed by atoms with Crippen molar-refractivity contribution in [3.63, 3.8) is 0 Å². The lowest BCUT2D eigenvalue weighted by molar-refractivity contribution is 0.0578. The molecule has 0 amide bonds. The predicted octanol–water partition coefficient (Wildman–Crippen LogP) is 3.58. The summed E-state index contributed by atoms with van der Waals surface area (Å²) in [6, 6.07) is 7.01. The van der Waals surface area contributed by atoms with Crippen molar-refractivity contribution >= 4 is 0 Å². The molecule has 1 aromatic rings. The fourth-order valence-electron chi connectivity index (χ4n) is 3.83. The number of aryl methyl sites for hydroxylation is 2. The van der Waals surface area contributed by atoms with Gasteiger partial charge in [0.25, 0.3) is 0 Å². The normalized spacial score (nSPS) is 21.0. The van der Waals surface area contributed by atoms with E-state index in [1.165, 1.54) is 29.5 Å². The summed E-state index contributed by atoms with van der Waals surface area (Å²) < 4.78 is 0. The van der Waals surface area contributed by atoms with Crippen LogP contribution in [0.2, 0.25) is 0 Å². The first-order valence-electron chi connectivity index (χ1n) is 6.60. The van der Waals surface area contributed by atoms with E-state index in [9.17, 15) is 0 Å². The van der Waals surface area contributed by atoms with Crippen molar-refractivity contribution in [1.82, 2.24) is 5.32 Å². The van der Waals surface area contributed by atoms with E-state index >= 15 is 0 Å². The van der Waals surface area contributed by atoms with Crippen LogP contribution < -0.4 is 5.32 Å². The van der Waals surface area contributed by atoms with Gasteiger partial charge >= 0.3 is 0 Å². The first-order valence-corrected chi connectivity index (χ1v) is 6.60. The number of nitrogens with one attached hydrogen (secondary N) is 1. The summed E-state index contributed by atoms with van der Waals surface area (Å²) in [5.41, 5.74) is 5.19. The van der Waals surface area contributed by atoms with Crippen molar-refractivity contribution in [1.29, 1.82) is 0 Å². The van der Waals surface area contributed by atoms with Crippen LogP contribution in [0.25, 0.3) is 0 Å². The van der Waals surface area contributed by atoms with Crippen LogP contribution in [0.15, 0.2) is 18.2 Å². The van der Waals surface area contributed by atoms with Gasteiger partial charge in [-0.15, -0.1) is 0 Å². The molecule has 1 saturated carbocycles. The van der Waals surface area contributed by atoms with E-state index in [0.29, 0.717) is 10.8 Å². The molecule has 0 heterocycles. The van der Waals surface area contributed by atoms with Crippen molar-refractivity contribution in [2.75, 3.05) is 13.6 Å². The Labute approximate surface area is 106 Å². The minimum atomic E-state index is 0.370. The second kappa shape index (κ2) is 4.13. The maximum Gasteiger partial charge on any atom is 0.00880 e. The van der Waals surface area contributed by atoms with Gasteiger partial charge in [0.05, 0.1) is 0 Å². The Bertz CT molecular complexity index is 389. The van der Waals surface area contributed by atoms with Crippen molar-refractivity contribution < 1.29 is 0 Å². The van der Waals surface area contributed by atoms with Gasteiger partial charge in [-0.3, -0.25) is 0 Å². The van der Waals surface area contributed by atoms with Crippen LogP contribution in [0.3, 0.4) is 0 Å². The molecule has 1 nitrogen and oxygen atoms in total. The molecule has 1 heteroatoms. The van der Waals surface area contributed by atoms with E-state index in [2.05, 4.69) is 58.3 Å². The van der Waals surface area contributed by atoms with Gasteiger partial charge in [-0.25, -0.2) is 0 Å². The molecular formula is C16H25N. The van der Waals surface area contributed by atoms with Crippen molar-refractivity contribution in [3.8, 4) is 0 Å². The molecule has 0 bridgehead atoms. The monoisotopic (exact) mass is 231 g/mol. The molecule has 94 valence electrons. The SMILES string of the molecule is CNCC1(c2cc(C)cc(C)c2)CC(C)(C)C1. The molecule has 0 unspecified atom stereocenters. The lowest BCUT2D eigenvalue weighted by Crippen LogP contribution is -2.52. The molecule has 0 spiro atoms. The first kappa shape index (κ1) is 12.6. The fraction of sp³-hybridized carbons (Fsp3) is 0.625. The van der Waals surface area contributed by atoms with Crippen LogP contribution in [0.5, 0.6) is 0 Å². The molecular weight excluding hydrogens is 206 g/mol. The van der Waals surface area contributed by atoms with Crippen molar-refractivity contribution in [3.05, 3.63) is 34.9 Å². The number of likely N-dealkylation sites (N-methyl/N-ethyl adjacent to an activating group) is 1. The number of hydrogen-bond acceptors (Lipinski definition) is 1. The summed E-state index contributed by atoms with van der Waals surface area (Å²) in [4.78, 5) is 0. The second-order valence-electron chi connectivity index (χ2n) is 6.70. The molecule has 0 saturated heterocycles. The van der Waals surface area contributed by atoms with E-state index in [1.54, 1.807) is 0 Å². The summed E-state index contributed by atoms with van der Waals surface area (Å²) in [6.45, 7) is 10.3. The third kappa shape index (κ3) is 2.40. The van der Waals surface area contributed by atoms with Gasteiger partial charge in [-0.1, -0.05) is 43.2 Å². The summed E-state index contributed by atoms with van der Waals surface area (Å²) in [7, 11) is 2.07. The molecule has 1 fully saturated rings. The first-order chi connectivity index (χ1) is 7.87. The Balaban J connectivity index is 2.34. The summed E-state index contributed by atoms with van der Waals surface area (Å²) in [5.74, 6) is 0. The van der Waals surface area contributed by atoms with E-state index < -0.39 is 0 Å². The highest BCUT2D eigenvalue weighted by atomic mass is 14.8. The molecule has 1 aromatic carbocycles. The molecule has 17 heavy (non-hydrogen) atoms. The van der Waals surface area contributed by atoms with Crippen LogP contribution in [0, 0.1) is 19.3 Å². The average molecular weight is 231 g/mol. The smallest absolute Gasteiger partial charge is 0.00880 e. The van der Waals surface area contributed by atoms with E-state index in [1.807, 2.05) is 0 Å². The second-order valence-corrected chi connectivity index (χ2v) is 6.70. The summed E-state index contributed by atoms with van der Waals surface area (Å²) in [5, 5.41) is 3.39. The van der Waals surface area contributed by atoms with Crippen LogP contribution in [0.4, 0.5) is 0 Å². The van der Waals surface area contributed by atoms with Gasteiger partial charge < -0.3 is 5.32 Å². The van der Waals surface area contributed by atoms with Crippen LogP contribution in [0.1, 0.15) is 43.4 Å². The maximum absolute atomic E-state index is 3.39. The lowest BCUT2D eigenvalue weighted by Gasteiger charge is -2.54. The minimum absolute atomic E-state index is 0.370. The van der Waals surface area contributed by atoms with Gasteiger partial charge in [0.15, 0.2) is 0 Å². The Morgan fingerprint density at radius 2 is 1.59 bits per heavy atom. The highest BCUT2D eigenvalue weighted by molar-refractivity contribution is 5.37. The van der Waals surface area contributed by atoms with Gasteiger partial charge in [0, 0.05) is 12.0 Å². The standard InChI is InChI=1S/C16H25N/c1-12-6-13(2)8-14(7-12)16(11-17-5)9-15(3,4)10-16/h6-8,17H,9-11H2,1-5H3. The lowest BCUT2D eigenvalue weighted by atomic mass is 9.51. The molecule has 0 atom stereocenters. The summed E-state index contributed by atoms with van der Waals surface area (Å²) in [6.07, 6.45) is 2.59. The number of rotatable bonds is 3. The van der Waals surface area contributed by atoms with Crippen molar-refractivity contribution in [2.45, 2.75) is 46.0 Å². The number of benzene rings is 1. The molecule has 1 N–H and O–H groups in total. The predicted molar refractivity (Wildman–Crippen MR) is 74.5 cm³/mol. The molecule has 0 radical (unpaired) electrons. The van der Waals surface area contributed by atoms with Gasteiger partial charge in [-0.05, 0) is 44.7 Å². The third-order valence-electron chi connectivity index (χ3n) is 3.98. The largest absolute Gasteiger partial charge is 0.319 e. The highest BCUT2D eigenvalue weighted by Gasteiger charge is 2.49. The molecule has 1 aliphatic carbocycles. The Kier molecular flexibility index (Phi) is 3.07. The molecule has 1 aliphatic rings.